The highest BCUT2D eigenvalue weighted by Crippen LogP contribution is 2.27. The van der Waals surface area contributed by atoms with Crippen LogP contribution in [0.2, 0.25) is 5.02 Å². The molecule has 0 aliphatic rings. The van der Waals surface area contributed by atoms with E-state index in [1.165, 1.54) is 11.6 Å². The molecule has 0 bridgehead atoms. The van der Waals surface area contributed by atoms with E-state index in [0.29, 0.717) is 33.6 Å². The van der Waals surface area contributed by atoms with Crippen LogP contribution in [0.1, 0.15) is 30.9 Å². The Hall–Kier alpha value is -3.37. The van der Waals surface area contributed by atoms with Crippen LogP contribution in [0.25, 0.3) is 28.6 Å². The Labute approximate surface area is 180 Å². The molecule has 0 aliphatic heterocycles. The van der Waals surface area contributed by atoms with E-state index in [1.54, 1.807) is 30.3 Å². The predicted octanol–water partition coefficient (Wildman–Crippen LogP) is 6.92. The second-order valence-electron chi connectivity index (χ2n) is 7.36. The van der Waals surface area contributed by atoms with Crippen LogP contribution in [0.4, 0.5) is 5.69 Å². The van der Waals surface area contributed by atoms with Crippen LogP contribution in [0.15, 0.2) is 77.2 Å². The van der Waals surface area contributed by atoms with Gasteiger partial charge in [0.2, 0.25) is 11.8 Å². The molecule has 1 amide bonds. The number of nitrogens with one attached hydrogen (secondary N) is 1. The molecular formula is C25H21ClN2O2. The maximum atomic E-state index is 12.3. The van der Waals surface area contributed by atoms with Crippen molar-refractivity contribution >= 4 is 40.4 Å². The third-order valence-electron chi connectivity index (χ3n) is 4.76. The van der Waals surface area contributed by atoms with Gasteiger partial charge in [0.15, 0.2) is 5.58 Å². The number of rotatable bonds is 5. The average Bonchev–Trinajstić information content (AvgIpc) is 3.16. The number of halogens is 1. The summed E-state index contributed by atoms with van der Waals surface area (Å²) in [7, 11) is 0. The van der Waals surface area contributed by atoms with Gasteiger partial charge in [-0.2, -0.15) is 0 Å². The first-order chi connectivity index (χ1) is 14.5. The van der Waals surface area contributed by atoms with Crippen LogP contribution in [-0.4, -0.2) is 10.9 Å². The molecule has 1 aromatic heterocycles. The summed E-state index contributed by atoms with van der Waals surface area (Å²) in [6.07, 6.45) is 3.32. The minimum absolute atomic E-state index is 0.211. The van der Waals surface area contributed by atoms with Gasteiger partial charge in [-0.1, -0.05) is 55.8 Å². The molecule has 0 saturated heterocycles. The molecule has 0 saturated carbocycles. The Balaban J connectivity index is 1.47. The number of hydrogen-bond acceptors (Lipinski definition) is 3. The minimum atomic E-state index is -0.211. The number of amides is 1. The molecule has 5 heteroatoms. The van der Waals surface area contributed by atoms with Crippen molar-refractivity contribution in [2.24, 2.45) is 0 Å². The number of benzene rings is 3. The summed E-state index contributed by atoms with van der Waals surface area (Å²) in [5.74, 6) is 0.759. The highest BCUT2D eigenvalue weighted by molar-refractivity contribution is 6.30. The number of hydrogen-bond donors (Lipinski definition) is 1. The van der Waals surface area contributed by atoms with Gasteiger partial charge in [-0.3, -0.25) is 4.79 Å². The first-order valence-corrected chi connectivity index (χ1v) is 10.1. The zero-order chi connectivity index (χ0) is 21.1. The average molecular weight is 417 g/mol. The van der Waals surface area contributed by atoms with E-state index < -0.39 is 0 Å². The van der Waals surface area contributed by atoms with Gasteiger partial charge in [-0.25, -0.2) is 4.98 Å². The van der Waals surface area contributed by atoms with Gasteiger partial charge < -0.3 is 9.73 Å². The van der Waals surface area contributed by atoms with E-state index in [1.807, 2.05) is 30.3 Å². The Morgan fingerprint density at radius 2 is 1.87 bits per heavy atom. The Bertz CT molecular complexity index is 1220. The van der Waals surface area contributed by atoms with Crippen molar-refractivity contribution in [1.29, 1.82) is 0 Å². The number of aromatic nitrogens is 1. The van der Waals surface area contributed by atoms with Gasteiger partial charge in [-0.15, -0.1) is 0 Å². The second-order valence-corrected chi connectivity index (χ2v) is 7.79. The van der Waals surface area contributed by atoms with Gasteiger partial charge >= 0.3 is 0 Å². The molecular weight excluding hydrogens is 396 g/mol. The summed E-state index contributed by atoms with van der Waals surface area (Å²) < 4.78 is 5.85. The third kappa shape index (κ3) is 4.61. The highest BCUT2D eigenvalue weighted by Gasteiger charge is 2.10. The number of carbonyl (C=O) groups excluding carboxylic acids is 1. The number of fused-ring (bicyclic) bond motifs is 1. The van der Waals surface area contributed by atoms with Gasteiger partial charge in [0.1, 0.15) is 5.52 Å². The lowest BCUT2D eigenvalue weighted by Crippen LogP contribution is -2.07. The molecule has 4 nitrogen and oxygen atoms in total. The van der Waals surface area contributed by atoms with Crippen LogP contribution < -0.4 is 5.32 Å². The molecule has 30 heavy (non-hydrogen) atoms. The molecule has 0 atom stereocenters. The lowest BCUT2D eigenvalue weighted by Gasteiger charge is -2.04. The molecule has 0 radical (unpaired) electrons. The van der Waals surface area contributed by atoms with Crippen molar-refractivity contribution in [3.63, 3.8) is 0 Å². The summed E-state index contributed by atoms with van der Waals surface area (Å²) in [5.41, 5.74) is 5.00. The molecule has 0 spiro atoms. The standard InChI is InChI=1S/C25H21ClN2O2/c1-16(2)18-9-6-17(7-10-18)8-13-24(29)27-21-11-12-22-23(15-21)30-25(28-22)19-4-3-5-20(26)14-19/h3-16H,1-2H3,(H,27,29)/b13-8+. The monoisotopic (exact) mass is 416 g/mol. The van der Waals surface area contributed by atoms with E-state index in [4.69, 9.17) is 16.0 Å². The van der Waals surface area contributed by atoms with Crippen LogP contribution in [0.5, 0.6) is 0 Å². The van der Waals surface area contributed by atoms with Gasteiger partial charge in [0.05, 0.1) is 0 Å². The van der Waals surface area contributed by atoms with Gasteiger partial charge in [0, 0.05) is 28.4 Å². The van der Waals surface area contributed by atoms with Crippen LogP contribution in [0.3, 0.4) is 0 Å². The van der Waals surface area contributed by atoms with E-state index >= 15 is 0 Å². The first-order valence-electron chi connectivity index (χ1n) is 9.73. The molecule has 3 aromatic carbocycles. The van der Waals surface area contributed by atoms with Crippen LogP contribution in [-0.2, 0) is 4.79 Å². The molecule has 1 N–H and O–H groups in total. The third-order valence-corrected chi connectivity index (χ3v) is 4.99. The fourth-order valence-electron chi connectivity index (χ4n) is 3.10. The number of carbonyl (C=O) groups is 1. The minimum Gasteiger partial charge on any atom is -0.436 e. The summed E-state index contributed by atoms with van der Waals surface area (Å²) in [6, 6.07) is 20.9. The first kappa shape index (κ1) is 19.9. The summed E-state index contributed by atoms with van der Waals surface area (Å²) >= 11 is 6.05. The maximum absolute atomic E-state index is 12.3. The molecule has 0 unspecified atom stereocenters. The van der Waals surface area contributed by atoms with Crippen molar-refractivity contribution in [2.75, 3.05) is 5.32 Å². The van der Waals surface area contributed by atoms with Crippen LogP contribution >= 0.6 is 11.6 Å². The van der Waals surface area contributed by atoms with Crippen molar-refractivity contribution < 1.29 is 9.21 Å². The predicted molar refractivity (Wildman–Crippen MR) is 123 cm³/mol. The van der Waals surface area contributed by atoms with Crippen LogP contribution in [0, 0.1) is 0 Å². The largest absolute Gasteiger partial charge is 0.436 e. The van der Waals surface area contributed by atoms with E-state index in [2.05, 4.69) is 36.3 Å². The van der Waals surface area contributed by atoms with E-state index in [-0.39, 0.29) is 5.91 Å². The second kappa shape index (κ2) is 8.56. The fourth-order valence-corrected chi connectivity index (χ4v) is 3.29. The SMILES string of the molecule is CC(C)c1ccc(/C=C/C(=O)Nc2ccc3nc(-c4cccc(Cl)c4)oc3c2)cc1. The molecule has 4 rings (SSSR count). The Kier molecular flexibility index (Phi) is 5.68. The van der Waals surface area contributed by atoms with Crippen molar-refractivity contribution in [2.45, 2.75) is 19.8 Å². The summed E-state index contributed by atoms with van der Waals surface area (Å²) in [5, 5.41) is 3.48. The molecule has 0 aliphatic carbocycles. The zero-order valence-electron chi connectivity index (χ0n) is 16.7. The molecule has 4 aromatic rings. The zero-order valence-corrected chi connectivity index (χ0v) is 17.5. The number of oxazole rings is 1. The maximum Gasteiger partial charge on any atom is 0.248 e. The van der Waals surface area contributed by atoms with Crippen molar-refractivity contribution in [1.82, 2.24) is 4.98 Å². The summed E-state index contributed by atoms with van der Waals surface area (Å²) in [4.78, 5) is 16.8. The molecule has 1 heterocycles. The summed E-state index contributed by atoms with van der Waals surface area (Å²) in [6.45, 7) is 4.31. The van der Waals surface area contributed by atoms with Gasteiger partial charge in [0.25, 0.3) is 0 Å². The number of anilines is 1. The van der Waals surface area contributed by atoms with Crippen molar-refractivity contribution in [3.05, 3.63) is 89.0 Å². The fraction of sp³-hybridized carbons (Fsp3) is 0.120. The lowest BCUT2D eigenvalue weighted by atomic mass is 10.0. The topological polar surface area (TPSA) is 55.1 Å². The van der Waals surface area contributed by atoms with E-state index in [0.717, 1.165) is 11.1 Å². The Morgan fingerprint density at radius 3 is 2.60 bits per heavy atom. The smallest absolute Gasteiger partial charge is 0.248 e. The molecule has 150 valence electrons. The highest BCUT2D eigenvalue weighted by atomic mass is 35.5. The quantitative estimate of drug-likeness (QED) is 0.359. The lowest BCUT2D eigenvalue weighted by molar-refractivity contribution is -0.111. The van der Waals surface area contributed by atoms with E-state index in [9.17, 15) is 4.79 Å². The Morgan fingerprint density at radius 1 is 1.07 bits per heavy atom. The normalized spacial score (nSPS) is 11.5. The van der Waals surface area contributed by atoms with Crippen molar-refractivity contribution in [3.8, 4) is 11.5 Å². The van der Waals surface area contributed by atoms with Gasteiger partial charge in [-0.05, 0) is 53.5 Å². The molecule has 0 fully saturated rings. The number of nitrogens with zero attached hydrogens (tertiary/aromatic N) is 1.